The molecule has 0 aromatic heterocycles. The lowest BCUT2D eigenvalue weighted by molar-refractivity contribution is 0.0723. The zero-order valence-corrected chi connectivity index (χ0v) is 13.7. The molecule has 0 saturated carbocycles. The highest BCUT2D eigenvalue weighted by atomic mass is 32.2. The highest BCUT2D eigenvalue weighted by molar-refractivity contribution is 7.87. The molecule has 6 nitrogen and oxygen atoms in total. The van der Waals surface area contributed by atoms with Gasteiger partial charge in [0.05, 0.1) is 13.2 Å². The van der Waals surface area contributed by atoms with Crippen molar-refractivity contribution in [1.29, 1.82) is 0 Å². The minimum absolute atomic E-state index is 0.350. The monoisotopic (exact) mass is 332 g/mol. The predicted molar refractivity (Wildman–Crippen MR) is 81.6 cm³/mol. The second-order valence-electron chi connectivity index (χ2n) is 4.88. The highest BCUT2D eigenvalue weighted by Gasteiger charge is 2.26. The summed E-state index contributed by atoms with van der Waals surface area (Å²) in [6.45, 7) is 3.38. The fraction of sp³-hybridized carbons (Fsp3) is 0.538. The summed E-state index contributed by atoms with van der Waals surface area (Å²) >= 11 is 0. The second-order valence-corrected chi connectivity index (χ2v) is 7.96. The first-order chi connectivity index (χ1) is 9.90. The summed E-state index contributed by atoms with van der Waals surface area (Å²) < 4.78 is 45.1. The van der Waals surface area contributed by atoms with E-state index in [0.717, 1.165) is 10.5 Å². The molecule has 0 spiro atoms. The summed E-state index contributed by atoms with van der Waals surface area (Å²) in [5.74, 6) is 0. The van der Waals surface area contributed by atoms with Crippen LogP contribution < -0.4 is 4.72 Å². The molecule has 1 aromatic carbocycles. The molecule has 1 heterocycles. The second kappa shape index (κ2) is 6.97. The molecule has 0 amide bonds. The molecule has 1 aromatic rings. The molecule has 1 aliphatic heterocycles. The smallest absolute Gasteiger partial charge is 0.280 e. The van der Waals surface area contributed by atoms with Gasteiger partial charge >= 0.3 is 0 Å². The minimum Gasteiger partial charge on any atom is -0.379 e. The molecule has 1 aliphatic rings. The van der Waals surface area contributed by atoms with Gasteiger partial charge in [-0.3, -0.25) is 4.21 Å². The van der Waals surface area contributed by atoms with Crippen molar-refractivity contribution in [2.75, 3.05) is 32.6 Å². The molecule has 8 heteroatoms. The molecule has 0 radical (unpaired) electrons. The van der Waals surface area contributed by atoms with Crippen LogP contribution in [0.1, 0.15) is 18.5 Å². The molecule has 2 atom stereocenters. The molecule has 118 valence electrons. The van der Waals surface area contributed by atoms with E-state index >= 15 is 0 Å². The number of morpholine rings is 1. The van der Waals surface area contributed by atoms with Crippen LogP contribution >= 0.6 is 0 Å². The summed E-state index contributed by atoms with van der Waals surface area (Å²) in [6.07, 6.45) is 1.61. The molecule has 1 saturated heterocycles. The van der Waals surface area contributed by atoms with Crippen LogP contribution in [0.2, 0.25) is 0 Å². The Balaban J connectivity index is 2.05. The lowest BCUT2D eigenvalue weighted by atomic mass is 10.1. The van der Waals surface area contributed by atoms with Crippen molar-refractivity contribution in [1.82, 2.24) is 9.03 Å². The fourth-order valence-electron chi connectivity index (χ4n) is 2.10. The van der Waals surface area contributed by atoms with Crippen molar-refractivity contribution >= 4 is 21.0 Å². The average molecular weight is 332 g/mol. The normalized spacial score (nSPS) is 20.1. The third-order valence-electron chi connectivity index (χ3n) is 3.35. The zero-order valence-electron chi connectivity index (χ0n) is 12.1. The van der Waals surface area contributed by atoms with Crippen molar-refractivity contribution < 1.29 is 17.4 Å². The number of benzene rings is 1. The molecule has 21 heavy (non-hydrogen) atoms. The van der Waals surface area contributed by atoms with E-state index in [9.17, 15) is 12.6 Å². The zero-order chi connectivity index (χ0) is 15.5. The van der Waals surface area contributed by atoms with Crippen LogP contribution in [0, 0.1) is 0 Å². The van der Waals surface area contributed by atoms with Gasteiger partial charge < -0.3 is 4.74 Å². The largest absolute Gasteiger partial charge is 0.379 e. The molecule has 1 N–H and O–H groups in total. The average Bonchev–Trinajstić information content (AvgIpc) is 2.48. The van der Waals surface area contributed by atoms with Crippen LogP contribution in [0.3, 0.4) is 0 Å². The van der Waals surface area contributed by atoms with Crippen LogP contribution in [0.4, 0.5) is 0 Å². The Morgan fingerprint density at radius 3 is 2.33 bits per heavy atom. The summed E-state index contributed by atoms with van der Waals surface area (Å²) in [5, 5.41) is 0. The van der Waals surface area contributed by atoms with Gasteiger partial charge in [-0.15, -0.1) is 0 Å². The summed E-state index contributed by atoms with van der Waals surface area (Å²) in [7, 11) is -4.55. The first-order valence-corrected chi connectivity index (χ1v) is 9.68. The van der Waals surface area contributed by atoms with Crippen molar-refractivity contribution in [2.24, 2.45) is 0 Å². The first-order valence-electron chi connectivity index (χ1n) is 6.68. The van der Waals surface area contributed by atoms with Gasteiger partial charge in [-0.25, -0.2) is 0 Å². The standard InChI is InChI=1S/C13H20N2O4S2/c1-11(12-3-5-13(6-4-12)20(2)16)14-21(17,18)15-7-9-19-10-8-15/h3-6,11,14H,7-10H2,1-2H3/t11-,20-/m1/s1. The van der Waals surface area contributed by atoms with Gasteiger partial charge in [0.15, 0.2) is 0 Å². The Bertz CT molecular complexity index is 595. The van der Waals surface area contributed by atoms with Gasteiger partial charge in [0.25, 0.3) is 10.2 Å². The molecule has 0 bridgehead atoms. The number of hydrogen-bond donors (Lipinski definition) is 1. The predicted octanol–water partition coefficient (Wildman–Crippen LogP) is 0.652. The lowest BCUT2D eigenvalue weighted by Crippen LogP contribution is -2.47. The van der Waals surface area contributed by atoms with E-state index in [-0.39, 0.29) is 6.04 Å². The maximum absolute atomic E-state index is 12.3. The van der Waals surface area contributed by atoms with E-state index in [1.165, 1.54) is 4.31 Å². The van der Waals surface area contributed by atoms with Gasteiger partial charge in [0, 0.05) is 41.1 Å². The van der Waals surface area contributed by atoms with Crippen molar-refractivity contribution in [3.05, 3.63) is 29.8 Å². The Labute approximate surface area is 128 Å². The van der Waals surface area contributed by atoms with Crippen LogP contribution in [-0.2, 0) is 25.7 Å². The number of hydrogen-bond acceptors (Lipinski definition) is 4. The topological polar surface area (TPSA) is 75.7 Å². The SMILES string of the molecule is C[C@@H](NS(=O)(=O)N1CCOCC1)c1ccc([S@@](C)=O)cc1. The number of nitrogens with zero attached hydrogens (tertiary/aromatic N) is 1. The van der Waals surface area contributed by atoms with Gasteiger partial charge in [0.2, 0.25) is 0 Å². The van der Waals surface area contributed by atoms with E-state index in [0.29, 0.717) is 26.3 Å². The molecule has 1 fully saturated rings. The lowest BCUT2D eigenvalue weighted by Gasteiger charge is -2.27. The summed E-state index contributed by atoms with van der Waals surface area (Å²) in [5.41, 5.74) is 0.834. The van der Waals surface area contributed by atoms with Gasteiger partial charge in [-0.05, 0) is 24.6 Å². The van der Waals surface area contributed by atoms with Gasteiger partial charge in [-0.1, -0.05) is 12.1 Å². The molecule has 2 rings (SSSR count). The first kappa shape index (κ1) is 16.6. The van der Waals surface area contributed by atoms with Gasteiger partial charge in [0.1, 0.15) is 0 Å². The van der Waals surface area contributed by atoms with E-state index in [1.807, 2.05) is 0 Å². The van der Waals surface area contributed by atoms with Crippen molar-refractivity contribution in [3.8, 4) is 0 Å². The van der Waals surface area contributed by atoms with Crippen LogP contribution in [0.15, 0.2) is 29.2 Å². The fourth-order valence-corrected chi connectivity index (χ4v) is 3.98. The number of ether oxygens (including phenoxy) is 1. The Kier molecular flexibility index (Phi) is 5.50. The van der Waals surface area contributed by atoms with Crippen LogP contribution in [-0.4, -0.2) is 49.5 Å². The third kappa shape index (κ3) is 4.33. The maximum atomic E-state index is 12.3. The molecule has 0 aliphatic carbocycles. The minimum atomic E-state index is -3.51. The summed E-state index contributed by atoms with van der Waals surface area (Å²) in [6, 6.07) is 6.75. The van der Waals surface area contributed by atoms with E-state index < -0.39 is 21.0 Å². The summed E-state index contributed by atoms with van der Waals surface area (Å²) in [4.78, 5) is 0.724. The Morgan fingerprint density at radius 1 is 1.24 bits per heavy atom. The number of nitrogens with one attached hydrogen (secondary N) is 1. The van der Waals surface area contributed by atoms with Crippen molar-refractivity contribution in [2.45, 2.75) is 17.9 Å². The van der Waals surface area contributed by atoms with Crippen LogP contribution in [0.25, 0.3) is 0 Å². The number of rotatable bonds is 5. The van der Waals surface area contributed by atoms with Crippen molar-refractivity contribution in [3.63, 3.8) is 0 Å². The maximum Gasteiger partial charge on any atom is 0.280 e. The highest BCUT2D eigenvalue weighted by Crippen LogP contribution is 2.17. The van der Waals surface area contributed by atoms with E-state index in [2.05, 4.69) is 4.72 Å². The molecule has 0 unspecified atom stereocenters. The van der Waals surface area contributed by atoms with E-state index in [1.54, 1.807) is 37.4 Å². The van der Waals surface area contributed by atoms with Gasteiger partial charge in [-0.2, -0.15) is 17.4 Å². The quantitative estimate of drug-likeness (QED) is 0.859. The Hall–Kier alpha value is -0.800. The third-order valence-corrected chi connectivity index (χ3v) is 5.98. The van der Waals surface area contributed by atoms with Crippen LogP contribution in [0.5, 0.6) is 0 Å². The Morgan fingerprint density at radius 2 is 1.81 bits per heavy atom. The molecular weight excluding hydrogens is 312 g/mol. The van der Waals surface area contributed by atoms with E-state index in [4.69, 9.17) is 4.74 Å². The molecular formula is C13H20N2O4S2.